The Labute approximate surface area is 295 Å². The number of hydrogen-bond donors (Lipinski definition) is 3. The van der Waals surface area contributed by atoms with Gasteiger partial charge in [0.2, 0.25) is 18.6 Å². The van der Waals surface area contributed by atoms with Crippen LogP contribution in [0.25, 0.3) is 16.7 Å². The summed E-state index contributed by atoms with van der Waals surface area (Å²) in [4.78, 5) is 40.5. The van der Waals surface area contributed by atoms with E-state index < -0.39 is 12.7 Å². The normalized spacial score (nSPS) is 11.3. The Hall–Kier alpha value is -6.12. The predicted molar refractivity (Wildman–Crippen MR) is 198 cm³/mol. The molecular formula is C40H36N5O5P. The lowest BCUT2D eigenvalue weighted by Crippen LogP contribution is -2.24. The lowest BCUT2D eigenvalue weighted by molar-refractivity contribution is -0.116. The van der Waals surface area contributed by atoms with Gasteiger partial charge in [-0.2, -0.15) is 0 Å². The molecule has 6 rings (SSSR count). The molecule has 10 nitrogen and oxygen atoms in total. The molecule has 3 N–H and O–H groups in total. The van der Waals surface area contributed by atoms with Crippen molar-refractivity contribution >= 4 is 46.1 Å². The Bertz CT molecular complexity index is 2300. The minimum Gasteiger partial charge on any atom is -0.505 e. The van der Waals surface area contributed by atoms with Gasteiger partial charge in [0.05, 0.1) is 0 Å². The number of phenols is 1. The second-order valence-corrected chi connectivity index (χ2v) is 14.9. The number of aromatic nitrogens is 3. The summed E-state index contributed by atoms with van der Waals surface area (Å²) in [6.45, 7) is 9.21. The smallest absolute Gasteiger partial charge is 0.251 e. The fourth-order valence-electron chi connectivity index (χ4n) is 6.13. The zero-order chi connectivity index (χ0) is 36.3. The molecule has 0 bridgehead atoms. The standard InChI is InChI=1S/C40H36N5O5P/c1-5-36(46)41-24-30-18-25(2)19-35(38(30)47)45-43-33-17-16-29(22-34(33)44-45)39(48)42-23-28-20-26(3)37(27(4)21-28)40(49)51(50,31-12-8-6-9-13-31)32-14-10-7-11-15-32/h5-22,47H,1,23-24H2,2-4H3,(H,41,46)(H,42,48). The third-order valence-corrected chi connectivity index (χ3v) is 11.4. The van der Waals surface area contributed by atoms with Gasteiger partial charge in [0.25, 0.3) is 5.91 Å². The highest BCUT2D eigenvalue weighted by atomic mass is 31.2. The maximum atomic E-state index is 14.7. The molecule has 256 valence electrons. The molecule has 0 unspecified atom stereocenters. The average molecular weight is 698 g/mol. The van der Waals surface area contributed by atoms with Crippen molar-refractivity contribution in [1.82, 2.24) is 25.6 Å². The van der Waals surface area contributed by atoms with Gasteiger partial charge in [-0.1, -0.05) is 85.4 Å². The Morgan fingerprint density at radius 1 is 0.784 bits per heavy atom. The predicted octanol–water partition coefficient (Wildman–Crippen LogP) is 5.94. The van der Waals surface area contributed by atoms with E-state index in [1.54, 1.807) is 78.9 Å². The van der Waals surface area contributed by atoms with E-state index in [9.17, 15) is 24.1 Å². The van der Waals surface area contributed by atoms with Crippen molar-refractivity contribution in [2.75, 3.05) is 0 Å². The van der Waals surface area contributed by atoms with E-state index in [1.165, 1.54) is 4.80 Å². The van der Waals surface area contributed by atoms with Crippen LogP contribution in [0.1, 0.15) is 48.5 Å². The number of carbonyl (C=O) groups excluding carboxylic acids is 3. The Morgan fingerprint density at radius 2 is 1.39 bits per heavy atom. The van der Waals surface area contributed by atoms with Crippen molar-refractivity contribution < 1.29 is 24.1 Å². The molecule has 0 spiro atoms. The summed E-state index contributed by atoms with van der Waals surface area (Å²) in [5.74, 6) is -0.777. The van der Waals surface area contributed by atoms with Crippen LogP contribution in [0.4, 0.5) is 0 Å². The number of rotatable bonds is 11. The first-order chi connectivity index (χ1) is 24.5. The SMILES string of the molecule is C=CC(=O)NCc1cc(C)cc(-n2nc3ccc(C(=O)NCc4cc(C)c(C(=O)P(=O)(c5ccccc5)c5ccccc5)c(C)c4)cc3n2)c1O. The number of phenolic OH excluding ortho intramolecular Hbond substituents is 1. The van der Waals surface area contributed by atoms with Crippen LogP contribution in [0.5, 0.6) is 5.75 Å². The topological polar surface area (TPSA) is 143 Å². The highest BCUT2D eigenvalue weighted by molar-refractivity contribution is 7.93. The molecule has 1 heterocycles. The Kier molecular flexibility index (Phi) is 9.80. The molecule has 2 amide bonds. The van der Waals surface area contributed by atoms with E-state index in [2.05, 4.69) is 27.4 Å². The van der Waals surface area contributed by atoms with E-state index in [0.29, 0.717) is 55.1 Å². The van der Waals surface area contributed by atoms with Crippen LogP contribution in [-0.2, 0) is 22.4 Å². The van der Waals surface area contributed by atoms with Crippen LogP contribution < -0.4 is 21.2 Å². The summed E-state index contributed by atoms with van der Waals surface area (Å²) < 4.78 is 14.7. The highest BCUT2D eigenvalue weighted by Crippen LogP contribution is 2.48. The number of aryl methyl sites for hydroxylation is 3. The molecule has 1 aromatic heterocycles. The van der Waals surface area contributed by atoms with Crippen LogP contribution in [0.2, 0.25) is 0 Å². The summed E-state index contributed by atoms with van der Waals surface area (Å²) >= 11 is 0. The first-order valence-electron chi connectivity index (χ1n) is 16.2. The number of fused-ring (bicyclic) bond motifs is 1. The summed E-state index contributed by atoms with van der Waals surface area (Å²) in [5.41, 5.74) is 5.07. The molecule has 0 saturated heterocycles. The van der Waals surface area contributed by atoms with Crippen LogP contribution in [0.3, 0.4) is 0 Å². The van der Waals surface area contributed by atoms with Crippen LogP contribution >= 0.6 is 7.14 Å². The molecule has 0 aliphatic heterocycles. The van der Waals surface area contributed by atoms with Crippen molar-refractivity contribution in [3.63, 3.8) is 0 Å². The molecule has 0 aliphatic carbocycles. The van der Waals surface area contributed by atoms with Crippen molar-refractivity contribution in [3.05, 3.63) is 155 Å². The van der Waals surface area contributed by atoms with Crippen LogP contribution in [0, 0.1) is 20.8 Å². The van der Waals surface area contributed by atoms with E-state index in [4.69, 9.17) is 0 Å². The maximum absolute atomic E-state index is 14.7. The van der Waals surface area contributed by atoms with E-state index in [1.807, 2.05) is 45.0 Å². The summed E-state index contributed by atoms with van der Waals surface area (Å²) in [6.07, 6.45) is 1.16. The molecule has 0 saturated carbocycles. The van der Waals surface area contributed by atoms with Gasteiger partial charge in [0, 0.05) is 40.4 Å². The van der Waals surface area contributed by atoms with Crippen molar-refractivity contribution in [2.24, 2.45) is 0 Å². The maximum Gasteiger partial charge on any atom is 0.251 e. The lowest BCUT2D eigenvalue weighted by atomic mass is 10.00. The molecule has 0 fully saturated rings. The number of benzene rings is 5. The summed E-state index contributed by atoms with van der Waals surface area (Å²) in [5, 5.41) is 26.5. The number of amides is 2. The molecular weight excluding hydrogens is 661 g/mol. The van der Waals surface area contributed by atoms with Crippen molar-refractivity contribution in [1.29, 1.82) is 0 Å². The summed E-state index contributed by atoms with van der Waals surface area (Å²) in [6, 6.07) is 29.8. The Balaban J connectivity index is 1.21. The number of hydrogen-bond acceptors (Lipinski definition) is 7. The first-order valence-corrected chi connectivity index (χ1v) is 17.9. The van der Waals surface area contributed by atoms with Gasteiger partial charge in [0.1, 0.15) is 22.5 Å². The van der Waals surface area contributed by atoms with Gasteiger partial charge >= 0.3 is 0 Å². The van der Waals surface area contributed by atoms with E-state index >= 15 is 0 Å². The zero-order valence-electron chi connectivity index (χ0n) is 28.4. The van der Waals surface area contributed by atoms with Gasteiger partial charge in [-0.3, -0.25) is 14.4 Å². The van der Waals surface area contributed by atoms with Gasteiger partial charge in [-0.15, -0.1) is 15.0 Å². The second kappa shape index (κ2) is 14.4. The minimum absolute atomic E-state index is 0.0792. The largest absolute Gasteiger partial charge is 0.505 e. The minimum atomic E-state index is -3.69. The van der Waals surface area contributed by atoms with Gasteiger partial charge < -0.3 is 20.3 Å². The number of nitrogens with zero attached hydrogens (tertiary/aromatic N) is 3. The van der Waals surface area contributed by atoms with Crippen molar-refractivity contribution in [2.45, 2.75) is 33.9 Å². The number of carbonyl (C=O) groups is 3. The van der Waals surface area contributed by atoms with Crippen LogP contribution in [0.15, 0.2) is 116 Å². The molecule has 6 aromatic rings. The van der Waals surface area contributed by atoms with Crippen molar-refractivity contribution in [3.8, 4) is 11.4 Å². The fraction of sp³-hybridized carbons (Fsp3) is 0.125. The highest BCUT2D eigenvalue weighted by Gasteiger charge is 2.38. The first kappa shape index (κ1) is 34.7. The molecule has 0 atom stereocenters. The summed E-state index contributed by atoms with van der Waals surface area (Å²) in [7, 11) is -3.69. The lowest BCUT2D eigenvalue weighted by Gasteiger charge is -2.21. The molecule has 11 heteroatoms. The number of nitrogens with one attached hydrogen (secondary N) is 2. The quantitative estimate of drug-likeness (QED) is 0.112. The Morgan fingerprint density at radius 3 is 2.00 bits per heavy atom. The molecule has 0 aliphatic rings. The van der Waals surface area contributed by atoms with Gasteiger partial charge in [-0.05, 0) is 73.4 Å². The second-order valence-electron chi connectivity index (χ2n) is 12.3. The average Bonchev–Trinajstić information content (AvgIpc) is 3.57. The monoisotopic (exact) mass is 697 g/mol. The van der Waals surface area contributed by atoms with E-state index in [0.717, 1.165) is 17.2 Å². The molecule has 5 aromatic carbocycles. The van der Waals surface area contributed by atoms with Gasteiger partial charge in [-0.25, -0.2) is 0 Å². The molecule has 51 heavy (non-hydrogen) atoms. The third-order valence-electron chi connectivity index (χ3n) is 8.59. The van der Waals surface area contributed by atoms with Crippen LogP contribution in [-0.4, -0.2) is 37.4 Å². The fourth-order valence-corrected chi connectivity index (χ4v) is 8.75. The number of aromatic hydroxyl groups is 1. The molecule has 0 radical (unpaired) electrons. The van der Waals surface area contributed by atoms with E-state index in [-0.39, 0.29) is 30.7 Å². The van der Waals surface area contributed by atoms with Gasteiger partial charge in [0.15, 0.2) is 0 Å². The third kappa shape index (κ3) is 7.00. The zero-order valence-corrected chi connectivity index (χ0v) is 29.3.